The van der Waals surface area contributed by atoms with Crippen LogP contribution < -0.4 is 5.56 Å². The Bertz CT molecular complexity index is 1170. The quantitative estimate of drug-likeness (QED) is 0.705. The van der Waals surface area contributed by atoms with Crippen LogP contribution in [0, 0.1) is 5.82 Å². The minimum Gasteiger partial charge on any atom is -0.305 e. The van der Waals surface area contributed by atoms with Gasteiger partial charge in [-0.15, -0.1) is 0 Å². The van der Waals surface area contributed by atoms with Gasteiger partial charge in [0.1, 0.15) is 5.82 Å². The number of benzene rings is 1. The monoisotopic (exact) mass is 417 g/mol. The maximum Gasteiger partial charge on any atom is 0.255 e. The Balaban J connectivity index is 1.29. The summed E-state index contributed by atoms with van der Waals surface area (Å²) in [6.45, 7) is 2.95. The van der Waals surface area contributed by atoms with Gasteiger partial charge in [0.2, 0.25) is 0 Å². The van der Waals surface area contributed by atoms with Crippen LogP contribution in [0.4, 0.5) is 4.39 Å². The molecule has 0 bridgehead atoms. The van der Waals surface area contributed by atoms with E-state index in [1.807, 2.05) is 18.3 Å². The van der Waals surface area contributed by atoms with Gasteiger partial charge in [0.25, 0.3) is 5.56 Å². The van der Waals surface area contributed by atoms with Crippen LogP contribution in [0.5, 0.6) is 0 Å². The number of halogens is 1. The Kier molecular flexibility index (Phi) is 5.42. The van der Waals surface area contributed by atoms with Gasteiger partial charge in [-0.1, -0.05) is 6.07 Å². The van der Waals surface area contributed by atoms with E-state index < -0.39 is 0 Å². The molecule has 3 aromatic rings. The zero-order valence-corrected chi connectivity index (χ0v) is 17.3. The van der Waals surface area contributed by atoms with Gasteiger partial charge in [0, 0.05) is 44.4 Å². The van der Waals surface area contributed by atoms with Crippen molar-refractivity contribution in [3.05, 3.63) is 81.4 Å². The van der Waals surface area contributed by atoms with Crippen LogP contribution in [0.2, 0.25) is 0 Å². The van der Waals surface area contributed by atoms with Gasteiger partial charge in [0.05, 0.1) is 22.7 Å². The van der Waals surface area contributed by atoms with Crippen molar-refractivity contribution in [3.63, 3.8) is 0 Å². The highest BCUT2D eigenvalue weighted by Crippen LogP contribution is 2.20. The predicted octanol–water partition coefficient (Wildman–Crippen LogP) is 3.50. The molecule has 31 heavy (non-hydrogen) atoms. The van der Waals surface area contributed by atoms with E-state index in [0.29, 0.717) is 18.9 Å². The van der Waals surface area contributed by atoms with E-state index in [9.17, 15) is 9.18 Å². The largest absolute Gasteiger partial charge is 0.305 e. The third-order valence-corrected chi connectivity index (χ3v) is 5.92. The number of pyridine rings is 1. The van der Waals surface area contributed by atoms with Crippen LogP contribution in [-0.4, -0.2) is 38.7 Å². The minimum absolute atomic E-state index is 0.0530. The molecule has 0 radical (unpaired) electrons. The lowest BCUT2D eigenvalue weighted by Gasteiger charge is -2.27. The molecule has 0 aliphatic carbocycles. The molecule has 0 saturated carbocycles. The van der Waals surface area contributed by atoms with E-state index >= 15 is 0 Å². The van der Waals surface area contributed by atoms with E-state index in [2.05, 4.69) is 19.9 Å². The molecule has 2 aliphatic heterocycles. The Morgan fingerprint density at radius 3 is 2.68 bits per heavy atom. The fourth-order valence-corrected chi connectivity index (χ4v) is 4.21. The first-order valence-corrected chi connectivity index (χ1v) is 10.7. The summed E-state index contributed by atoms with van der Waals surface area (Å²) in [6.07, 6.45) is 5.69. The van der Waals surface area contributed by atoms with Crippen molar-refractivity contribution in [2.24, 2.45) is 4.99 Å². The van der Waals surface area contributed by atoms with Crippen LogP contribution >= 0.6 is 0 Å². The molecule has 0 unspecified atom stereocenters. The third-order valence-electron chi connectivity index (χ3n) is 5.92. The maximum atomic E-state index is 13.1. The van der Waals surface area contributed by atoms with Crippen LogP contribution in [0.3, 0.4) is 0 Å². The summed E-state index contributed by atoms with van der Waals surface area (Å²) in [5.41, 5.74) is 5.30. The first-order valence-electron chi connectivity index (χ1n) is 10.7. The number of hydrogen-bond acceptors (Lipinski definition) is 5. The van der Waals surface area contributed by atoms with Crippen molar-refractivity contribution in [2.75, 3.05) is 13.1 Å². The molecule has 0 spiro atoms. The molecule has 0 amide bonds. The van der Waals surface area contributed by atoms with Gasteiger partial charge in [0.15, 0.2) is 5.82 Å². The lowest BCUT2D eigenvalue weighted by molar-refractivity contribution is 0.241. The Hall–Kier alpha value is -3.19. The van der Waals surface area contributed by atoms with Crippen LogP contribution in [0.15, 0.2) is 52.4 Å². The lowest BCUT2D eigenvalue weighted by Crippen LogP contribution is -2.36. The number of nitrogens with one attached hydrogen (secondary N) is 1. The molecule has 7 heteroatoms. The SMILES string of the molecule is O=c1[nH]c(C2=NCCCC2)nc2c1CN(Cc1ccc(-c3ccc(F)cc3)nc1)CC2. The van der Waals surface area contributed by atoms with Crippen LogP contribution in [0.25, 0.3) is 11.3 Å². The van der Waals surface area contributed by atoms with Gasteiger partial charge >= 0.3 is 0 Å². The number of aromatic amines is 1. The molecule has 0 atom stereocenters. The maximum absolute atomic E-state index is 13.1. The smallest absolute Gasteiger partial charge is 0.255 e. The van der Waals surface area contributed by atoms with Crippen LogP contribution in [0.1, 0.15) is 41.9 Å². The Labute approximate surface area is 179 Å². The predicted molar refractivity (Wildman–Crippen MR) is 118 cm³/mol. The second kappa shape index (κ2) is 8.51. The lowest BCUT2D eigenvalue weighted by atomic mass is 10.0. The molecule has 6 nitrogen and oxygen atoms in total. The van der Waals surface area contributed by atoms with Gasteiger partial charge in [-0.2, -0.15) is 0 Å². The summed E-state index contributed by atoms with van der Waals surface area (Å²) >= 11 is 0. The highest BCUT2D eigenvalue weighted by Gasteiger charge is 2.22. The van der Waals surface area contributed by atoms with Gasteiger partial charge < -0.3 is 4.98 Å². The molecule has 158 valence electrons. The Morgan fingerprint density at radius 2 is 1.94 bits per heavy atom. The minimum atomic E-state index is -0.255. The summed E-state index contributed by atoms with van der Waals surface area (Å²) in [4.78, 5) is 31.7. The zero-order valence-electron chi connectivity index (χ0n) is 17.3. The van der Waals surface area contributed by atoms with E-state index in [0.717, 1.165) is 72.6 Å². The van der Waals surface area contributed by atoms with Gasteiger partial charge in [-0.05, 0) is 55.2 Å². The average Bonchev–Trinajstić information content (AvgIpc) is 2.81. The zero-order chi connectivity index (χ0) is 21.2. The van der Waals surface area contributed by atoms with E-state index in [1.165, 1.54) is 12.1 Å². The van der Waals surface area contributed by atoms with Crippen molar-refractivity contribution in [1.82, 2.24) is 19.9 Å². The number of aliphatic imine (C=N–C) groups is 1. The molecular formula is C24H24FN5O. The second-order valence-corrected chi connectivity index (χ2v) is 8.14. The van der Waals surface area contributed by atoms with E-state index in [1.54, 1.807) is 12.1 Å². The fraction of sp³-hybridized carbons (Fsp3) is 0.333. The topological polar surface area (TPSA) is 74.2 Å². The van der Waals surface area contributed by atoms with Crippen molar-refractivity contribution >= 4 is 5.71 Å². The molecule has 1 aromatic carbocycles. The fourth-order valence-electron chi connectivity index (χ4n) is 4.21. The number of rotatable bonds is 4. The normalized spacial score (nSPS) is 16.6. The molecular weight excluding hydrogens is 393 g/mol. The molecule has 2 aliphatic rings. The first kappa shape index (κ1) is 19.8. The molecule has 2 aromatic heterocycles. The molecule has 1 N–H and O–H groups in total. The summed E-state index contributed by atoms with van der Waals surface area (Å²) in [6, 6.07) is 10.3. The van der Waals surface area contributed by atoms with Crippen molar-refractivity contribution in [1.29, 1.82) is 0 Å². The Morgan fingerprint density at radius 1 is 1.06 bits per heavy atom. The summed E-state index contributed by atoms with van der Waals surface area (Å²) in [5.74, 6) is 0.395. The third kappa shape index (κ3) is 4.32. The van der Waals surface area contributed by atoms with E-state index in [-0.39, 0.29) is 11.4 Å². The van der Waals surface area contributed by atoms with Gasteiger partial charge in [-0.25, -0.2) is 9.37 Å². The first-order chi connectivity index (χ1) is 15.2. The molecule has 0 saturated heterocycles. The summed E-state index contributed by atoms with van der Waals surface area (Å²) in [5, 5.41) is 0. The second-order valence-electron chi connectivity index (χ2n) is 8.14. The number of nitrogens with zero attached hydrogens (tertiary/aromatic N) is 4. The van der Waals surface area contributed by atoms with Crippen molar-refractivity contribution in [3.8, 4) is 11.3 Å². The molecule has 4 heterocycles. The highest BCUT2D eigenvalue weighted by molar-refractivity contribution is 5.97. The molecule has 5 rings (SSSR count). The van der Waals surface area contributed by atoms with Crippen molar-refractivity contribution in [2.45, 2.75) is 38.8 Å². The molecule has 0 fully saturated rings. The summed E-state index contributed by atoms with van der Waals surface area (Å²) in [7, 11) is 0. The van der Waals surface area contributed by atoms with Gasteiger partial charge in [-0.3, -0.25) is 19.7 Å². The number of aromatic nitrogens is 3. The van der Waals surface area contributed by atoms with Crippen LogP contribution in [-0.2, 0) is 19.5 Å². The standard InChI is InChI=1S/C24H24FN5O/c25-18-7-5-17(6-8-18)20-9-4-16(13-27-20)14-30-12-10-21-19(15-30)24(31)29-23(28-21)22-3-1-2-11-26-22/h4-9,13H,1-3,10-12,14-15H2,(H,28,29,31). The number of H-pyrrole nitrogens is 1. The van der Waals surface area contributed by atoms with E-state index in [4.69, 9.17) is 4.98 Å². The summed E-state index contributed by atoms with van der Waals surface area (Å²) < 4.78 is 13.1. The average molecular weight is 417 g/mol. The highest BCUT2D eigenvalue weighted by atomic mass is 19.1. The van der Waals surface area contributed by atoms with Crippen molar-refractivity contribution < 1.29 is 4.39 Å². The number of fused-ring (bicyclic) bond motifs is 1. The number of hydrogen-bond donors (Lipinski definition) is 1.